The van der Waals surface area contributed by atoms with Gasteiger partial charge in [-0.15, -0.1) is 0 Å². The topological polar surface area (TPSA) is 20.2 Å². The van der Waals surface area contributed by atoms with Gasteiger partial charge >= 0.3 is 34.5 Å². The number of rotatable bonds is 3. The Morgan fingerprint density at radius 1 is 1.11 bits per heavy atom. The molecule has 0 radical (unpaired) electrons. The van der Waals surface area contributed by atoms with E-state index in [1.54, 1.807) is 0 Å². The van der Waals surface area contributed by atoms with E-state index in [9.17, 15) is 0 Å². The summed E-state index contributed by atoms with van der Waals surface area (Å²) >= 11 is -0.346. The predicted octanol–water partition coefficient (Wildman–Crippen LogP) is 5.91. The van der Waals surface area contributed by atoms with Crippen molar-refractivity contribution in [1.82, 2.24) is 0 Å². The molecule has 0 fully saturated rings. The molecule has 1 aromatic rings. The van der Waals surface area contributed by atoms with Crippen LogP contribution in [0, 0.1) is 6.92 Å². The number of hydrogen-bond donors (Lipinski definition) is 1. The second kappa shape index (κ2) is 15.2. The van der Waals surface area contributed by atoms with Crippen LogP contribution < -0.4 is 0 Å². The van der Waals surface area contributed by atoms with Crippen molar-refractivity contribution in [3.05, 3.63) is 35.4 Å². The molecule has 5 heteroatoms. The molecular formula is C14H25Cl2OPRu. The van der Waals surface area contributed by atoms with Gasteiger partial charge in [0.25, 0.3) is 0 Å². The molecule has 0 saturated carbocycles. The van der Waals surface area contributed by atoms with Crippen LogP contribution in [0.2, 0.25) is 0 Å². The first-order chi connectivity index (χ1) is 8.92. The van der Waals surface area contributed by atoms with Gasteiger partial charge in [-0.1, -0.05) is 57.5 Å². The second-order valence-corrected chi connectivity index (χ2v) is 9.17. The monoisotopic (exact) mass is 412 g/mol. The Kier molecular flexibility index (Phi) is 17.7. The molecule has 0 aliphatic rings. The first-order valence-corrected chi connectivity index (χ1v) is 12.4. The zero-order valence-electron chi connectivity index (χ0n) is 12.3. The summed E-state index contributed by atoms with van der Waals surface area (Å²) in [6.07, 6.45) is 1.90. The molecule has 19 heavy (non-hydrogen) atoms. The molecule has 0 saturated heterocycles. The third kappa shape index (κ3) is 15.0. The van der Waals surface area contributed by atoms with Crippen LogP contribution in [-0.2, 0) is 15.1 Å². The van der Waals surface area contributed by atoms with Crippen molar-refractivity contribution in [3.63, 3.8) is 0 Å². The van der Waals surface area contributed by atoms with Crippen LogP contribution in [-0.4, -0.2) is 17.2 Å². The Labute approximate surface area is 135 Å². The van der Waals surface area contributed by atoms with Crippen LogP contribution in [0.25, 0.3) is 0 Å². The predicted molar refractivity (Wildman–Crippen MR) is 87.2 cm³/mol. The van der Waals surface area contributed by atoms with Crippen molar-refractivity contribution in [2.45, 2.75) is 40.5 Å². The van der Waals surface area contributed by atoms with Crippen LogP contribution >= 0.6 is 27.5 Å². The van der Waals surface area contributed by atoms with Crippen LogP contribution in [0.4, 0.5) is 0 Å². The summed E-state index contributed by atoms with van der Waals surface area (Å²) in [6, 6.07) is 8.71. The molecule has 1 nitrogen and oxygen atoms in total. The van der Waals surface area contributed by atoms with Crippen LogP contribution in [0.5, 0.6) is 0 Å². The molecule has 1 rings (SSSR count). The van der Waals surface area contributed by atoms with Gasteiger partial charge in [-0.3, -0.25) is 0 Å². The molecule has 0 atom stereocenters. The van der Waals surface area contributed by atoms with Gasteiger partial charge in [-0.05, 0) is 30.7 Å². The van der Waals surface area contributed by atoms with Crippen molar-refractivity contribution in [3.8, 4) is 0 Å². The minimum absolute atomic E-state index is 0.346. The van der Waals surface area contributed by atoms with E-state index in [4.69, 9.17) is 24.3 Å². The van der Waals surface area contributed by atoms with Gasteiger partial charge in [0, 0.05) is 8.15 Å². The van der Waals surface area contributed by atoms with Gasteiger partial charge in [0.2, 0.25) is 0 Å². The van der Waals surface area contributed by atoms with Crippen molar-refractivity contribution >= 4 is 27.5 Å². The van der Waals surface area contributed by atoms with Crippen LogP contribution in [0.1, 0.15) is 44.7 Å². The van der Waals surface area contributed by atoms with Crippen molar-refractivity contribution in [2.75, 3.05) is 12.3 Å². The minimum atomic E-state index is -0.576. The molecule has 0 bridgehead atoms. The Morgan fingerprint density at radius 2 is 1.47 bits per heavy atom. The molecule has 0 heterocycles. The van der Waals surface area contributed by atoms with E-state index in [2.05, 4.69) is 45.0 Å². The van der Waals surface area contributed by atoms with Gasteiger partial charge in [-0.2, -0.15) is 0 Å². The molecular weight excluding hydrogens is 387 g/mol. The Balaban J connectivity index is 0. The normalized spacial score (nSPS) is 9.79. The summed E-state index contributed by atoms with van der Waals surface area (Å²) in [6.45, 7) is 10.6. The average molecular weight is 412 g/mol. The van der Waals surface area contributed by atoms with Crippen molar-refractivity contribution in [1.29, 1.82) is 0 Å². The van der Waals surface area contributed by atoms with Gasteiger partial charge in [0.05, 0.1) is 0 Å². The fourth-order valence-corrected chi connectivity index (χ4v) is 1.62. The molecule has 0 unspecified atom stereocenters. The molecule has 114 valence electrons. The molecule has 0 aliphatic carbocycles. The Hall–Kier alpha value is 0.813. The van der Waals surface area contributed by atoms with Crippen molar-refractivity contribution in [2.24, 2.45) is 0 Å². The second-order valence-electron chi connectivity index (χ2n) is 4.25. The summed E-state index contributed by atoms with van der Waals surface area (Å²) < 4.78 is 0. The van der Waals surface area contributed by atoms with Gasteiger partial charge < -0.3 is 4.89 Å². The SMILES string of the molecule is CCP(O)CC.Cc1ccc(C(C)C)cc1.[Cl][Ru][Cl]. The molecule has 0 amide bonds. The molecule has 1 N–H and O–H groups in total. The summed E-state index contributed by atoms with van der Waals surface area (Å²) in [5.41, 5.74) is 2.76. The van der Waals surface area contributed by atoms with E-state index in [1.165, 1.54) is 11.1 Å². The van der Waals surface area contributed by atoms with E-state index in [0.29, 0.717) is 5.92 Å². The molecule has 0 spiro atoms. The number of hydrogen-bond acceptors (Lipinski definition) is 1. The van der Waals surface area contributed by atoms with E-state index in [1.807, 2.05) is 13.8 Å². The first-order valence-electron chi connectivity index (χ1n) is 6.28. The fourth-order valence-electron chi connectivity index (χ4n) is 1.17. The van der Waals surface area contributed by atoms with Crippen LogP contribution in [0.3, 0.4) is 0 Å². The number of benzene rings is 1. The zero-order valence-corrected chi connectivity index (χ0v) is 16.4. The quantitative estimate of drug-likeness (QED) is 0.484. The van der Waals surface area contributed by atoms with Gasteiger partial charge in [0.1, 0.15) is 0 Å². The van der Waals surface area contributed by atoms with Crippen molar-refractivity contribution < 1.29 is 20.0 Å². The molecule has 1 aromatic carbocycles. The van der Waals surface area contributed by atoms with Crippen LogP contribution in [0.15, 0.2) is 24.3 Å². The third-order valence-electron chi connectivity index (χ3n) is 2.47. The molecule has 0 aliphatic heterocycles. The van der Waals surface area contributed by atoms with E-state index in [-0.39, 0.29) is 15.1 Å². The summed E-state index contributed by atoms with van der Waals surface area (Å²) in [7, 11) is 9.13. The van der Waals surface area contributed by atoms with Gasteiger partial charge in [0.15, 0.2) is 0 Å². The maximum atomic E-state index is 8.73. The zero-order chi connectivity index (χ0) is 15.3. The van der Waals surface area contributed by atoms with E-state index < -0.39 is 8.15 Å². The average Bonchev–Trinajstić information content (AvgIpc) is 2.40. The standard InChI is InChI=1S/C10H14.C4H11OP.2ClH.Ru/c1-8(2)10-6-4-9(3)5-7-10;1-3-6(5)4-2;;;/h4-8H,1-3H3;5H,3-4H2,1-2H3;2*1H;/q;;;;+2/p-2. The summed E-state index contributed by atoms with van der Waals surface area (Å²) in [5, 5.41) is 0. The number of halogens is 2. The first kappa shape index (κ1) is 22.1. The van der Waals surface area contributed by atoms with Gasteiger partial charge in [-0.25, -0.2) is 0 Å². The Bertz CT molecular complexity index is 290. The number of aryl methyl sites for hydroxylation is 1. The maximum absolute atomic E-state index is 8.73. The van der Waals surface area contributed by atoms with E-state index >= 15 is 0 Å². The summed E-state index contributed by atoms with van der Waals surface area (Å²) in [4.78, 5) is 8.73. The summed E-state index contributed by atoms with van der Waals surface area (Å²) in [5.74, 6) is 0.653. The fraction of sp³-hybridized carbons (Fsp3) is 0.571. The molecule has 0 aromatic heterocycles. The Morgan fingerprint density at radius 3 is 1.68 bits per heavy atom. The van der Waals surface area contributed by atoms with E-state index in [0.717, 1.165) is 12.3 Å². The third-order valence-corrected chi connectivity index (χ3v) is 3.93.